The molecule has 0 spiro atoms. The van der Waals surface area contributed by atoms with Crippen molar-refractivity contribution in [2.24, 2.45) is 23.2 Å². The summed E-state index contributed by atoms with van der Waals surface area (Å²) in [6.45, 7) is 8.25. The molecule has 0 amide bonds. The quantitative estimate of drug-likeness (QED) is 0.363. The van der Waals surface area contributed by atoms with Crippen LogP contribution in [0.25, 0.3) is 0 Å². The molecule has 0 aliphatic heterocycles. The monoisotopic (exact) mass is 371 g/mol. The number of nitrogens with zero attached hydrogens (tertiary/aromatic N) is 1. The topological polar surface area (TPSA) is 94.9 Å². The van der Waals surface area contributed by atoms with Crippen LogP contribution in [0.5, 0.6) is 0 Å². The molecule has 0 heterocycles. The summed E-state index contributed by atoms with van der Waals surface area (Å²) in [6, 6.07) is 2.10. The lowest BCUT2D eigenvalue weighted by Gasteiger charge is -2.33. The first-order valence-corrected chi connectivity index (χ1v) is 8.98. The average molecular weight is 371 g/mol. The summed E-state index contributed by atoms with van der Waals surface area (Å²) in [6.07, 6.45) is 0.567. The number of hydrogen-bond donors (Lipinski definition) is 0. The van der Waals surface area contributed by atoms with Crippen LogP contribution in [0.2, 0.25) is 0 Å². The minimum absolute atomic E-state index is 0.0195. The van der Waals surface area contributed by atoms with Gasteiger partial charge in [-0.2, -0.15) is 5.26 Å². The Morgan fingerprint density at radius 1 is 0.923 bits per heavy atom. The normalized spacial score (nSPS) is 14.6. The molecule has 26 heavy (non-hydrogen) atoms. The zero-order valence-corrected chi connectivity index (χ0v) is 16.9. The molecule has 0 N–H and O–H groups in total. The predicted molar refractivity (Wildman–Crippen MR) is 96.1 cm³/mol. The minimum atomic E-state index is -1.59. The number of nitriles is 1. The molecular weight excluding hydrogens is 338 g/mol. The summed E-state index contributed by atoms with van der Waals surface area (Å²) >= 11 is 0. The minimum Gasteiger partial charge on any atom is -0.463 e. The number of esters is 2. The maximum atomic E-state index is 12.8. The molecule has 7 heteroatoms. The van der Waals surface area contributed by atoms with E-state index in [1.165, 1.54) is 14.2 Å². The van der Waals surface area contributed by atoms with E-state index >= 15 is 0 Å². The van der Waals surface area contributed by atoms with Gasteiger partial charge >= 0.3 is 11.9 Å². The maximum absolute atomic E-state index is 12.8. The summed E-state index contributed by atoms with van der Waals surface area (Å²) in [5, 5.41) is 9.94. The molecule has 0 saturated heterocycles. The highest BCUT2D eigenvalue weighted by Crippen LogP contribution is 2.40. The van der Waals surface area contributed by atoms with Crippen molar-refractivity contribution in [2.75, 3.05) is 40.6 Å². The molecule has 0 rings (SSSR count). The SMILES string of the molecule is COCCOC(=O)C(CC(C)C)C(C#N)(CC(C)C)C(=O)OCCOC. The third-order valence-electron chi connectivity index (χ3n) is 3.93. The van der Waals surface area contributed by atoms with Crippen molar-refractivity contribution in [1.82, 2.24) is 0 Å². The number of hydrogen-bond acceptors (Lipinski definition) is 7. The van der Waals surface area contributed by atoms with E-state index in [2.05, 4.69) is 6.07 Å². The van der Waals surface area contributed by atoms with Crippen LogP contribution in [0.4, 0.5) is 0 Å². The van der Waals surface area contributed by atoms with Crippen molar-refractivity contribution in [3.8, 4) is 6.07 Å². The zero-order valence-electron chi connectivity index (χ0n) is 16.9. The number of rotatable bonds is 13. The van der Waals surface area contributed by atoms with Gasteiger partial charge in [0.2, 0.25) is 0 Å². The van der Waals surface area contributed by atoms with Crippen molar-refractivity contribution < 1.29 is 28.5 Å². The lowest BCUT2D eigenvalue weighted by Crippen LogP contribution is -2.45. The molecule has 2 unspecified atom stereocenters. The molecule has 0 saturated carbocycles. The van der Waals surface area contributed by atoms with Crippen molar-refractivity contribution in [3.63, 3.8) is 0 Å². The molecule has 0 aromatic rings. The second-order valence-electron chi connectivity index (χ2n) is 7.15. The molecule has 0 aromatic carbocycles. The van der Waals surface area contributed by atoms with Crippen LogP contribution in [-0.2, 0) is 28.5 Å². The van der Waals surface area contributed by atoms with Gasteiger partial charge in [0.1, 0.15) is 13.2 Å². The molecule has 0 aliphatic rings. The largest absolute Gasteiger partial charge is 0.463 e. The zero-order chi connectivity index (χ0) is 20.2. The maximum Gasteiger partial charge on any atom is 0.327 e. The van der Waals surface area contributed by atoms with Crippen molar-refractivity contribution in [2.45, 2.75) is 40.5 Å². The van der Waals surface area contributed by atoms with Gasteiger partial charge in [-0.1, -0.05) is 27.7 Å². The van der Waals surface area contributed by atoms with Gasteiger partial charge in [0.15, 0.2) is 5.41 Å². The third kappa shape index (κ3) is 7.71. The predicted octanol–water partition coefficient (Wildman–Crippen LogP) is 2.58. The Kier molecular flexibility index (Phi) is 11.9. The first-order chi connectivity index (χ1) is 12.2. The van der Waals surface area contributed by atoms with Gasteiger partial charge in [0.25, 0.3) is 0 Å². The van der Waals surface area contributed by atoms with Crippen LogP contribution in [0.15, 0.2) is 0 Å². The van der Waals surface area contributed by atoms with E-state index in [4.69, 9.17) is 18.9 Å². The van der Waals surface area contributed by atoms with Crippen LogP contribution in [0, 0.1) is 34.5 Å². The average Bonchev–Trinajstić information content (AvgIpc) is 2.57. The van der Waals surface area contributed by atoms with Crippen LogP contribution < -0.4 is 0 Å². The van der Waals surface area contributed by atoms with E-state index in [9.17, 15) is 14.9 Å². The van der Waals surface area contributed by atoms with E-state index in [-0.39, 0.29) is 44.7 Å². The molecule has 7 nitrogen and oxygen atoms in total. The molecular formula is C19H33NO6. The fourth-order valence-corrected chi connectivity index (χ4v) is 2.82. The van der Waals surface area contributed by atoms with Gasteiger partial charge in [-0.05, 0) is 24.7 Å². The van der Waals surface area contributed by atoms with E-state index in [0.29, 0.717) is 6.42 Å². The van der Waals surface area contributed by atoms with E-state index < -0.39 is 23.3 Å². The second kappa shape index (κ2) is 12.7. The number of methoxy groups -OCH3 is 2. The Hall–Kier alpha value is -1.65. The Labute approximate surface area is 156 Å². The molecule has 0 fully saturated rings. The molecule has 0 aliphatic carbocycles. The van der Waals surface area contributed by atoms with Gasteiger partial charge in [-0.3, -0.25) is 9.59 Å². The molecule has 0 radical (unpaired) electrons. The van der Waals surface area contributed by atoms with Gasteiger partial charge < -0.3 is 18.9 Å². The highest BCUT2D eigenvalue weighted by Gasteiger charge is 2.52. The summed E-state index contributed by atoms with van der Waals surface area (Å²) in [5.41, 5.74) is -1.59. The molecule has 150 valence electrons. The Balaban J connectivity index is 5.71. The standard InChI is InChI=1S/C19H33NO6/c1-14(2)11-16(17(21)25-9-7-23-5)19(13-20,12-15(3)4)18(22)26-10-8-24-6/h14-16H,7-12H2,1-6H3. The lowest BCUT2D eigenvalue weighted by molar-refractivity contribution is -0.169. The summed E-state index contributed by atoms with van der Waals surface area (Å²) in [5.74, 6) is -2.05. The van der Waals surface area contributed by atoms with Gasteiger partial charge in [0.05, 0.1) is 25.2 Å². The van der Waals surface area contributed by atoms with Crippen molar-refractivity contribution in [1.29, 1.82) is 5.26 Å². The molecule has 2 atom stereocenters. The smallest absolute Gasteiger partial charge is 0.327 e. The molecule has 0 bridgehead atoms. The van der Waals surface area contributed by atoms with E-state index in [0.717, 1.165) is 0 Å². The van der Waals surface area contributed by atoms with E-state index in [1.807, 2.05) is 27.7 Å². The number of ether oxygens (including phenoxy) is 4. The first kappa shape index (κ1) is 24.4. The van der Waals surface area contributed by atoms with Crippen LogP contribution in [0.1, 0.15) is 40.5 Å². The van der Waals surface area contributed by atoms with E-state index in [1.54, 1.807) is 0 Å². The highest BCUT2D eigenvalue weighted by atomic mass is 16.6. The second-order valence-corrected chi connectivity index (χ2v) is 7.15. The number of carbonyl (C=O) groups is 2. The lowest BCUT2D eigenvalue weighted by atomic mass is 9.68. The van der Waals surface area contributed by atoms with Crippen molar-refractivity contribution >= 4 is 11.9 Å². The Morgan fingerprint density at radius 3 is 1.88 bits per heavy atom. The van der Waals surface area contributed by atoms with Gasteiger partial charge in [0, 0.05) is 14.2 Å². The van der Waals surface area contributed by atoms with Gasteiger partial charge in [-0.15, -0.1) is 0 Å². The third-order valence-corrected chi connectivity index (χ3v) is 3.93. The molecule has 0 aromatic heterocycles. The van der Waals surface area contributed by atoms with Crippen LogP contribution >= 0.6 is 0 Å². The van der Waals surface area contributed by atoms with Gasteiger partial charge in [-0.25, -0.2) is 0 Å². The Morgan fingerprint density at radius 2 is 1.46 bits per heavy atom. The first-order valence-electron chi connectivity index (χ1n) is 8.98. The van der Waals surface area contributed by atoms with Crippen molar-refractivity contribution in [3.05, 3.63) is 0 Å². The Bertz CT molecular complexity index is 471. The number of carbonyl (C=O) groups excluding carboxylic acids is 2. The van der Waals surface area contributed by atoms with Crippen LogP contribution in [0.3, 0.4) is 0 Å². The summed E-state index contributed by atoms with van der Waals surface area (Å²) in [4.78, 5) is 25.5. The summed E-state index contributed by atoms with van der Waals surface area (Å²) < 4.78 is 20.3. The van der Waals surface area contributed by atoms with Crippen LogP contribution in [-0.4, -0.2) is 52.6 Å². The fraction of sp³-hybridized carbons (Fsp3) is 0.842. The fourth-order valence-electron chi connectivity index (χ4n) is 2.82. The summed E-state index contributed by atoms with van der Waals surface area (Å²) in [7, 11) is 3.00. The highest BCUT2D eigenvalue weighted by molar-refractivity contribution is 5.88.